The summed E-state index contributed by atoms with van der Waals surface area (Å²) < 4.78 is 23.3. The molecule has 0 aliphatic carbocycles. The lowest BCUT2D eigenvalue weighted by Gasteiger charge is -2.38. The number of phenols is 3. The minimum Gasteiger partial charge on any atom is -0.507 e. The Morgan fingerprint density at radius 2 is 1.61 bits per heavy atom. The van der Waals surface area contributed by atoms with Gasteiger partial charge < -0.3 is 54.6 Å². The average molecular weight is 755 g/mol. The van der Waals surface area contributed by atoms with Gasteiger partial charge in [0.2, 0.25) is 0 Å². The van der Waals surface area contributed by atoms with Crippen molar-refractivity contribution in [3.05, 3.63) is 52.8 Å². The molecule has 9 atom stereocenters. The molecule has 5 bridgehead atoms. The van der Waals surface area contributed by atoms with Crippen LogP contribution in [-0.4, -0.2) is 93.8 Å². The number of allylic oxidation sites excluding steroid dienone is 2. The molecule has 0 unspecified atom stereocenters. The molecule has 3 heterocycles. The Morgan fingerprint density at radius 3 is 2.22 bits per heavy atom. The van der Waals surface area contributed by atoms with E-state index in [4.69, 9.17) is 23.8 Å². The number of rotatable bonds is 4. The fourth-order valence-electron chi connectivity index (χ4n) is 6.98. The first-order chi connectivity index (χ1) is 25.3. The van der Waals surface area contributed by atoms with Crippen LogP contribution in [0.25, 0.3) is 10.8 Å². The third-order valence-electron chi connectivity index (χ3n) is 10.3. The number of nitrogens with zero attached hydrogens (tertiary/aromatic N) is 1. The fraction of sp³-hybridized carbons (Fsp3) is 0.487. The SMILES string of the molecule is CO/N=C/c1c2c(O)c3c(O)c(C)c4c(c3c1O)C(=O)[C@@](C)(O/C=C/[C@H](OC)[C@@H](C)[C@@H](OC(C)=O)[C@H](C)[C@H](O)[C@H](C)[C@@H](O)[C@@H](C)/C=C/C=C(\C)C(=O)N2)O4. The molecule has 2 aromatic rings. The number of hydrogen-bond donors (Lipinski definition) is 6. The molecule has 0 aromatic heterocycles. The Morgan fingerprint density at radius 1 is 0.944 bits per heavy atom. The Hall–Kier alpha value is -5.12. The number of hydrogen-bond acceptors (Lipinski definition) is 14. The number of methoxy groups -OCH3 is 1. The first-order valence-electron chi connectivity index (χ1n) is 17.5. The molecule has 54 heavy (non-hydrogen) atoms. The zero-order valence-corrected chi connectivity index (χ0v) is 32.0. The van der Waals surface area contributed by atoms with Gasteiger partial charge in [0.05, 0.1) is 53.0 Å². The van der Waals surface area contributed by atoms with E-state index in [2.05, 4.69) is 10.5 Å². The minimum absolute atomic E-state index is 0.0323. The lowest BCUT2D eigenvalue weighted by atomic mass is 9.78. The van der Waals surface area contributed by atoms with E-state index in [1.165, 1.54) is 60.3 Å². The predicted molar refractivity (Wildman–Crippen MR) is 198 cm³/mol. The van der Waals surface area contributed by atoms with Gasteiger partial charge in [0.25, 0.3) is 11.7 Å². The number of ether oxygens (including phenoxy) is 4. The van der Waals surface area contributed by atoms with Gasteiger partial charge in [-0.3, -0.25) is 14.4 Å². The standard InChI is InChI=1S/C39H50N2O13/c1-17-12-11-13-18(2)38(49)41-29-24(16-40-51-10)33(46)26-27(34(29)47)32(45)22(6)36-28(26)37(48)39(8,54-36)52-15-14-25(50-9)19(3)35(53-23(7)42)21(5)31(44)20(4)30(17)43/h11-17,19-21,25,30-31,35,43-47H,1-10H3,(H,41,49)/b12-11+,15-14+,18-13+,40-16+/t17-,19+,20+,21+,25-,30-,31+,35+,39-/m0/s1. The molecule has 294 valence electrons. The van der Waals surface area contributed by atoms with Gasteiger partial charge in [-0.25, -0.2) is 0 Å². The van der Waals surface area contributed by atoms with Crippen LogP contribution in [0, 0.1) is 30.6 Å². The number of aliphatic hydroxyl groups excluding tert-OH is 2. The summed E-state index contributed by atoms with van der Waals surface area (Å²) in [5.41, 5.74) is -0.636. The predicted octanol–water partition coefficient (Wildman–Crippen LogP) is 4.73. The fourth-order valence-corrected chi connectivity index (χ4v) is 6.98. The number of oxime groups is 1. The highest BCUT2D eigenvalue weighted by Crippen LogP contribution is 2.55. The van der Waals surface area contributed by atoms with Crippen LogP contribution in [-0.2, 0) is 28.6 Å². The molecule has 0 radical (unpaired) electrons. The smallest absolute Gasteiger partial charge is 0.312 e. The van der Waals surface area contributed by atoms with Crippen molar-refractivity contribution in [2.75, 3.05) is 19.5 Å². The topological polar surface area (TPSA) is 223 Å². The van der Waals surface area contributed by atoms with Crippen LogP contribution in [0.15, 0.2) is 41.3 Å². The first-order valence-corrected chi connectivity index (χ1v) is 17.5. The van der Waals surface area contributed by atoms with Crippen LogP contribution in [0.5, 0.6) is 23.0 Å². The zero-order chi connectivity index (χ0) is 40.4. The normalized spacial score (nSPS) is 31.7. The van der Waals surface area contributed by atoms with Crippen LogP contribution >= 0.6 is 0 Å². The van der Waals surface area contributed by atoms with Crippen LogP contribution in [0.3, 0.4) is 0 Å². The van der Waals surface area contributed by atoms with Crippen LogP contribution < -0.4 is 10.1 Å². The third-order valence-corrected chi connectivity index (χ3v) is 10.3. The van der Waals surface area contributed by atoms with E-state index in [1.54, 1.807) is 39.8 Å². The van der Waals surface area contributed by atoms with E-state index < -0.39 is 88.8 Å². The molecule has 0 saturated heterocycles. The molecule has 5 rings (SSSR count). The van der Waals surface area contributed by atoms with E-state index in [0.29, 0.717) is 0 Å². The third kappa shape index (κ3) is 7.74. The second kappa shape index (κ2) is 16.5. The molecular weight excluding hydrogens is 704 g/mol. The number of ketones is 1. The van der Waals surface area contributed by atoms with E-state index in [0.717, 1.165) is 6.21 Å². The Labute approximate surface area is 313 Å². The molecule has 15 heteroatoms. The van der Waals surface area contributed by atoms with Gasteiger partial charge in [0.1, 0.15) is 30.5 Å². The van der Waals surface area contributed by atoms with E-state index in [9.17, 15) is 39.9 Å². The Kier molecular flexibility index (Phi) is 12.7. The Balaban J connectivity index is 1.96. The maximum Gasteiger partial charge on any atom is 0.312 e. The van der Waals surface area contributed by atoms with Crippen molar-refractivity contribution in [2.45, 2.75) is 85.6 Å². The maximum absolute atomic E-state index is 14.2. The quantitative estimate of drug-likeness (QED) is 0.0818. The van der Waals surface area contributed by atoms with Gasteiger partial charge in [-0.15, -0.1) is 0 Å². The van der Waals surface area contributed by atoms with Crippen LogP contribution in [0.1, 0.15) is 70.0 Å². The molecular formula is C39H50N2O13. The number of fused-ring (bicyclic) bond motifs is 14. The van der Waals surface area contributed by atoms with E-state index in [-0.39, 0.29) is 44.5 Å². The molecule has 1 amide bonds. The summed E-state index contributed by atoms with van der Waals surface area (Å²) in [6.07, 6.45) is 4.44. The zero-order valence-electron chi connectivity index (χ0n) is 32.0. The summed E-state index contributed by atoms with van der Waals surface area (Å²) in [6, 6.07) is 0. The number of amides is 1. The lowest BCUT2D eigenvalue weighted by molar-refractivity contribution is -0.160. The van der Waals surface area contributed by atoms with Crippen molar-refractivity contribution in [3.63, 3.8) is 0 Å². The average Bonchev–Trinajstić information content (AvgIpc) is 3.39. The van der Waals surface area contributed by atoms with Gasteiger partial charge in [-0.2, -0.15) is 0 Å². The van der Waals surface area contributed by atoms with E-state index in [1.807, 2.05) is 0 Å². The summed E-state index contributed by atoms with van der Waals surface area (Å²) in [4.78, 5) is 44.7. The molecule has 0 spiro atoms. The van der Waals surface area contributed by atoms with Crippen molar-refractivity contribution < 1.29 is 63.7 Å². The van der Waals surface area contributed by atoms with Crippen molar-refractivity contribution in [1.29, 1.82) is 0 Å². The largest absolute Gasteiger partial charge is 0.507 e. The highest BCUT2D eigenvalue weighted by atomic mass is 16.7. The molecule has 0 fully saturated rings. The van der Waals surface area contributed by atoms with Crippen molar-refractivity contribution >= 4 is 40.3 Å². The molecule has 3 aliphatic heterocycles. The monoisotopic (exact) mass is 754 g/mol. The molecule has 3 aliphatic rings. The molecule has 6 N–H and O–H groups in total. The lowest BCUT2D eigenvalue weighted by Crippen LogP contribution is -2.46. The van der Waals surface area contributed by atoms with Crippen LogP contribution in [0.4, 0.5) is 5.69 Å². The summed E-state index contributed by atoms with van der Waals surface area (Å²) in [7, 11) is 2.66. The highest BCUT2D eigenvalue weighted by molar-refractivity contribution is 6.23. The van der Waals surface area contributed by atoms with Gasteiger partial charge in [0.15, 0.2) is 5.75 Å². The number of carbonyl (C=O) groups excluding carboxylic acids is 3. The first kappa shape index (κ1) is 41.6. The highest BCUT2D eigenvalue weighted by Gasteiger charge is 2.50. The number of aromatic hydroxyl groups is 3. The van der Waals surface area contributed by atoms with Gasteiger partial charge in [0, 0.05) is 61.2 Å². The summed E-state index contributed by atoms with van der Waals surface area (Å²) in [5, 5.41) is 63.0. The van der Waals surface area contributed by atoms with Crippen molar-refractivity contribution in [2.24, 2.45) is 28.8 Å². The number of benzene rings is 2. The number of esters is 1. The van der Waals surface area contributed by atoms with Crippen molar-refractivity contribution in [1.82, 2.24) is 0 Å². The van der Waals surface area contributed by atoms with Crippen molar-refractivity contribution in [3.8, 4) is 23.0 Å². The van der Waals surface area contributed by atoms with Crippen LogP contribution in [0.2, 0.25) is 0 Å². The van der Waals surface area contributed by atoms with Gasteiger partial charge >= 0.3 is 11.8 Å². The number of Topliss-reactive ketones (excluding diaryl/α,β-unsaturated/α-hetero) is 1. The number of anilines is 1. The summed E-state index contributed by atoms with van der Waals surface area (Å²) in [6.45, 7) is 12.4. The number of carbonyl (C=O) groups is 3. The summed E-state index contributed by atoms with van der Waals surface area (Å²) >= 11 is 0. The molecule has 2 aromatic carbocycles. The molecule has 0 saturated carbocycles. The second-order valence-corrected chi connectivity index (χ2v) is 14.0. The maximum atomic E-state index is 14.2. The van der Waals surface area contributed by atoms with Gasteiger partial charge in [-0.05, 0) is 19.9 Å². The van der Waals surface area contributed by atoms with Gasteiger partial charge in [-0.1, -0.05) is 51.1 Å². The minimum atomic E-state index is -2.05. The summed E-state index contributed by atoms with van der Waals surface area (Å²) in [5.74, 6) is -8.63. The van der Waals surface area contributed by atoms with E-state index >= 15 is 0 Å². The number of phenolic OH excluding ortho intramolecular Hbond substituents is 3. The second-order valence-electron chi connectivity index (χ2n) is 14.0. The Bertz CT molecular complexity index is 1920. The molecule has 15 nitrogen and oxygen atoms in total. The number of aliphatic hydroxyl groups is 2. The number of nitrogens with one attached hydrogen (secondary N) is 1.